The molecule has 3 aliphatic carbocycles. The molecule has 4 N–H and O–H groups in total. The Hall–Kier alpha value is -5.74. The highest BCUT2D eigenvalue weighted by molar-refractivity contribution is 5.96. The summed E-state index contributed by atoms with van der Waals surface area (Å²) >= 11 is 0. The van der Waals surface area contributed by atoms with Gasteiger partial charge in [0.1, 0.15) is 23.9 Å². The van der Waals surface area contributed by atoms with Gasteiger partial charge in [-0.05, 0) is 54.8 Å². The van der Waals surface area contributed by atoms with Gasteiger partial charge in [0.05, 0.1) is 35.6 Å². The fourth-order valence-electron chi connectivity index (χ4n) is 10.2. The fraction of sp³-hybridized carbons (Fsp3) is 0.447. The second-order valence-electron chi connectivity index (χ2n) is 17.4. The molecule has 2 bridgehead atoms. The molecule has 3 aromatic rings. The van der Waals surface area contributed by atoms with Gasteiger partial charge in [0, 0.05) is 37.7 Å². The number of ketones is 1. The van der Waals surface area contributed by atoms with Crippen molar-refractivity contribution in [1.29, 1.82) is 0 Å². The molecular formula is C47H51NO14. The summed E-state index contributed by atoms with van der Waals surface area (Å²) in [7, 11) is 0. The van der Waals surface area contributed by atoms with Crippen molar-refractivity contribution in [2.45, 2.75) is 108 Å². The lowest BCUT2D eigenvalue weighted by Crippen LogP contribution is -2.82. The number of ether oxygens (including phenoxy) is 5. The van der Waals surface area contributed by atoms with E-state index in [0.29, 0.717) is 5.56 Å². The number of amides is 1. The van der Waals surface area contributed by atoms with Crippen LogP contribution in [0.2, 0.25) is 0 Å². The minimum absolute atomic E-state index is 0.00289. The van der Waals surface area contributed by atoms with Crippen LogP contribution >= 0.6 is 0 Å². The zero-order chi connectivity index (χ0) is 44.9. The predicted octanol–water partition coefficient (Wildman–Crippen LogP) is 3.74. The predicted molar refractivity (Wildman–Crippen MR) is 218 cm³/mol. The largest absolute Gasteiger partial charge is 0.456 e. The van der Waals surface area contributed by atoms with Crippen molar-refractivity contribution in [2.24, 2.45) is 16.7 Å². The SMILES string of the molecule is CC(=O)O[C@H]1C(=O)[C@]2(C)[C@H](O)C[C@H]3OC[C@@]3(OC(C)=O)[C@H]2[C@H](OC(=O)c2ccccc2)[C@]2(O)C[C@H](OC(=O)[C@H](O)C(NC(=O)c3ccccc3)c3ccccc3)C(C)=C1C2(C)C. The third-order valence-electron chi connectivity index (χ3n) is 13.5. The van der Waals surface area contributed by atoms with Gasteiger partial charge in [0.15, 0.2) is 23.6 Å². The van der Waals surface area contributed by atoms with E-state index in [2.05, 4.69) is 5.32 Å². The average molecular weight is 854 g/mol. The van der Waals surface area contributed by atoms with Crippen LogP contribution in [0.4, 0.5) is 0 Å². The molecule has 15 nitrogen and oxygen atoms in total. The van der Waals surface area contributed by atoms with Crippen molar-refractivity contribution >= 4 is 35.6 Å². The maximum atomic E-state index is 15.5. The van der Waals surface area contributed by atoms with E-state index in [1.807, 2.05) is 0 Å². The number of hydrogen-bond acceptors (Lipinski definition) is 14. The number of carbonyl (C=O) groups excluding carboxylic acids is 6. The summed E-state index contributed by atoms with van der Waals surface area (Å²) < 4.78 is 30.3. The Balaban J connectivity index is 1.39. The second kappa shape index (κ2) is 16.5. The van der Waals surface area contributed by atoms with Gasteiger partial charge in [-0.2, -0.15) is 0 Å². The number of fused-ring (bicyclic) bond motifs is 5. The van der Waals surface area contributed by atoms with E-state index in [9.17, 15) is 39.3 Å². The molecule has 4 aliphatic rings. The summed E-state index contributed by atoms with van der Waals surface area (Å²) in [6.45, 7) is 7.97. The van der Waals surface area contributed by atoms with Crippen molar-refractivity contribution in [1.82, 2.24) is 5.32 Å². The van der Waals surface area contributed by atoms with Crippen LogP contribution in [-0.2, 0) is 42.9 Å². The second-order valence-corrected chi connectivity index (χ2v) is 17.4. The number of Topliss-reactive ketones (excluding diaryl/α,β-unsaturated/α-hetero) is 1. The Kier molecular flexibility index (Phi) is 11.8. The van der Waals surface area contributed by atoms with Crippen LogP contribution < -0.4 is 5.32 Å². The molecule has 3 aromatic carbocycles. The van der Waals surface area contributed by atoms with E-state index < -0.39 is 113 Å². The first-order valence-corrected chi connectivity index (χ1v) is 20.5. The molecule has 1 unspecified atom stereocenters. The number of carbonyl (C=O) groups is 6. The number of aliphatic hydroxyl groups is 3. The number of hydrogen-bond donors (Lipinski definition) is 4. The maximum Gasteiger partial charge on any atom is 0.338 e. The minimum atomic E-state index is -2.39. The van der Waals surface area contributed by atoms with Crippen LogP contribution in [0.3, 0.4) is 0 Å². The first kappa shape index (κ1) is 44.3. The van der Waals surface area contributed by atoms with Crippen molar-refractivity contribution < 1.29 is 67.8 Å². The highest BCUT2D eigenvalue weighted by Gasteiger charge is 2.78. The van der Waals surface area contributed by atoms with Gasteiger partial charge in [-0.3, -0.25) is 19.2 Å². The normalized spacial score (nSPS) is 31.9. The van der Waals surface area contributed by atoms with E-state index in [0.717, 1.165) is 13.8 Å². The average Bonchev–Trinajstić information content (AvgIpc) is 3.24. The fourth-order valence-corrected chi connectivity index (χ4v) is 10.2. The Morgan fingerprint density at radius 3 is 1.95 bits per heavy atom. The van der Waals surface area contributed by atoms with Crippen LogP contribution in [0, 0.1) is 16.7 Å². The van der Waals surface area contributed by atoms with E-state index in [-0.39, 0.29) is 35.3 Å². The van der Waals surface area contributed by atoms with Crippen molar-refractivity contribution in [3.63, 3.8) is 0 Å². The Labute approximate surface area is 358 Å². The summed E-state index contributed by atoms with van der Waals surface area (Å²) in [4.78, 5) is 83.5. The molecule has 7 rings (SSSR count). The van der Waals surface area contributed by atoms with Gasteiger partial charge in [-0.1, -0.05) is 80.6 Å². The zero-order valence-electron chi connectivity index (χ0n) is 35.2. The van der Waals surface area contributed by atoms with Crippen molar-refractivity contribution in [3.05, 3.63) is 119 Å². The van der Waals surface area contributed by atoms with Crippen LogP contribution in [0.15, 0.2) is 102 Å². The standard InChI is InChI=1S/C47H51NO14/c1-25-31(60-43(56)36(52)35(28-16-10-7-11-17-28)48-41(54)29-18-12-8-13-19-29)23-47(57)40(61-42(55)30-20-14-9-15-21-30)38-45(6,32(51)22-33-46(38,24-58-33)62-27(3)50)39(53)37(59-26(2)49)34(25)44(47,4)5/h7-21,31-33,35-38,40,51-52,57H,22-24H2,1-6H3,(H,48,54)/t31-,32+,33+,35?,36+,37+,38-,40-,45+,46-,47+/m0/s1. The molecule has 3 fully saturated rings. The molecule has 0 radical (unpaired) electrons. The summed E-state index contributed by atoms with van der Waals surface area (Å²) in [5.41, 5.74) is -7.02. The zero-order valence-corrected chi connectivity index (χ0v) is 35.2. The number of nitrogens with one attached hydrogen (secondary N) is 1. The van der Waals surface area contributed by atoms with E-state index in [1.165, 1.54) is 26.0 Å². The highest BCUT2D eigenvalue weighted by atomic mass is 16.6. The highest BCUT2D eigenvalue weighted by Crippen LogP contribution is 2.64. The quantitative estimate of drug-likeness (QED) is 0.130. The molecule has 62 heavy (non-hydrogen) atoms. The first-order valence-electron chi connectivity index (χ1n) is 20.5. The smallest absolute Gasteiger partial charge is 0.338 e. The van der Waals surface area contributed by atoms with Gasteiger partial charge in [0.2, 0.25) is 0 Å². The minimum Gasteiger partial charge on any atom is -0.456 e. The molecule has 0 aromatic heterocycles. The molecule has 1 amide bonds. The van der Waals surface area contributed by atoms with Gasteiger partial charge in [-0.15, -0.1) is 0 Å². The lowest BCUT2D eigenvalue weighted by molar-refractivity contribution is -0.346. The van der Waals surface area contributed by atoms with Crippen molar-refractivity contribution in [2.75, 3.05) is 6.61 Å². The van der Waals surface area contributed by atoms with E-state index in [1.54, 1.807) is 92.7 Å². The van der Waals surface area contributed by atoms with E-state index in [4.69, 9.17) is 23.7 Å². The Morgan fingerprint density at radius 1 is 0.823 bits per heavy atom. The van der Waals surface area contributed by atoms with Crippen LogP contribution in [0.25, 0.3) is 0 Å². The number of benzene rings is 3. The number of aliphatic hydroxyl groups excluding tert-OH is 2. The lowest BCUT2D eigenvalue weighted by atomic mass is 9.44. The monoisotopic (exact) mass is 853 g/mol. The van der Waals surface area contributed by atoms with Crippen LogP contribution in [0.5, 0.6) is 0 Å². The molecule has 11 atom stereocenters. The molecule has 0 spiro atoms. The maximum absolute atomic E-state index is 15.5. The molecule has 328 valence electrons. The Morgan fingerprint density at radius 2 is 1.40 bits per heavy atom. The van der Waals surface area contributed by atoms with Crippen LogP contribution in [-0.4, -0.2) is 105 Å². The third-order valence-corrected chi connectivity index (χ3v) is 13.5. The number of esters is 4. The summed E-state index contributed by atoms with van der Waals surface area (Å²) in [5, 5.41) is 40.2. The molecule has 1 saturated heterocycles. The summed E-state index contributed by atoms with van der Waals surface area (Å²) in [5.74, 6) is -6.84. The van der Waals surface area contributed by atoms with Gasteiger partial charge < -0.3 is 44.3 Å². The van der Waals surface area contributed by atoms with Gasteiger partial charge in [0.25, 0.3) is 5.91 Å². The first-order chi connectivity index (χ1) is 29.3. The van der Waals surface area contributed by atoms with Crippen LogP contribution in [0.1, 0.15) is 86.7 Å². The molecule has 1 heterocycles. The molecule has 1 aliphatic heterocycles. The topological polar surface area (TPSA) is 221 Å². The lowest BCUT2D eigenvalue weighted by Gasteiger charge is -2.67. The summed E-state index contributed by atoms with van der Waals surface area (Å²) in [6.07, 6.45) is -10.5. The molecular weight excluding hydrogens is 803 g/mol. The van der Waals surface area contributed by atoms with Crippen molar-refractivity contribution in [3.8, 4) is 0 Å². The van der Waals surface area contributed by atoms with Gasteiger partial charge in [-0.25, -0.2) is 9.59 Å². The van der Waals surface area contributed by atoms with E-state index >= 15 is 4.79 Å². The summed E-state index contributed by atoms with van der Waals surface area (Å²) in [6, 6.07) is 22.9. The molecule has 15 heteroatoms. The number of rotatable bonds is 10. The third kappa shape index (κ3) is 7.29. The molecule has 2 saturated carbocycles. The Bertz CT molecular complexity index is 2280. The van der Waals surface area contributed by atoms with Gasteiger partial charge >= 0.3 is 23.9 Å².